The quantitative estimate of drug-likeness (QED) is 0.619. The van der Waals surface area contributed by atoms with Gasteiger partial charge in [-0.25, -0.2) is 0 Å². The Bertz CT molecular complexity index is 269. The van der Waals surface area contributed by atoms with E-state index in [0.29, 0.717) is 5.75 Å². The van der Waals surface area contributed by atoms with Gasteiger partial charge in [0.25, 0.3) is 0 Å². The number of phenolic OH excluding ortho intramolecular Hbond substituents is 1. The molecule has 0 unspecified atom stereocenters. The van der Waals surface area contributed by atoms with Crippen LogP contribution in [0, 0.1) is 0 Å². The van der Waals surface area contributed by atoms with Crippen molar-refractivity contribution < 1.29 is 5.11 Å². The maximum Gasteiger partial charge on any atom is 0.120 e. The molecule has 0 spiro atoms. The average molecular weight is 170 g/mol. The number of phenols is 1. The summed E-state index contributed by atoms with van der Waals surface area (Å²) in [6, 6.07) is 3.36. The molecule has 58 valence electrons. The van der Waals surface area contributed by atoms with Gasteiger partial charge in [-0.05, 0) is 17.7 Å². The number of halogens is 1. The highest BCUT2D eigenvalue weighted by molar-refractivity contribution is 6.31. The van der Waals surface area contributed by atoms with Crippen molar-refractivity contribution in [3.8, 4) is 5.75 Å². The molecule has 2 nitrogen and oxygen atoms in total. The van der Waals surface area contributed by atoms with E-state index in [2.05, 4.69) is 5.32 Å². The minimum atomic E-state index is 0.342. The third-order valence-corrected chi connectivity index (χ3v) is 2.31. The fraction of sp³-hybridized carbons (Fsp3) is 0.250. The minimum Gasteiger partial charge on any atom is -0.508 e. The summed E-state index contributed by atoms with van der Waals surface area (Å²) < 4.78 is 0. The molecule has 0 saturated heterocycles. The maximum atomic E-state index is 9.36. The van der Waals surface area contributed by atoms with Crippen LogP contribution in [-0.4, -0.2) is 5.11 Å². The Labute approximate surface area is 69.8 Å². The zero-order valence-electron chi connectivity index (χ0n) is 5.89. The van der Waals surface area contributed by atoms with Crippen LogP contribution in [-0.2, 0) is 13.1 Å². The molecule has 2 N–H and O–H groups in total. The summed E-state index contributed by atoms with van der Waals surface area (Å²) in [6.07, 6.45) is 0. The molecular formula is C8H8ClNO. The van der Waals surface area contributed by atoms with Gasteiger partial charge in [-0.2, -0.15) is 0 Å². The Balaban J connectivity index is 2.64. The first-order valence-electron chi connectivity index (χ1n) is 3.49. The number of hydrogen-bond acceptors (Lipinski definition) is 2. The van der Waals surface area contributed by atoms with E-state index in [1.54, 1.807) is 12.1 Å². The molecule has 0 fully saturated rings. The summed E-state index contributed by atoms with van der Waals surface area (Å²) in [6.45, 7) is 1.49. The number of hydrogen-bond donors (Lipinski definition) is 2. The molecule has 0 aliphatic carbocycles. The van der Waals surface area contributed by atoms with Crippen molar-refractivity contribution >= 4 is 11.6 Å². The summed E-state index contributed by atoms with van der Waals surface area (Å²) in [7, 11) is 0. The van der Waals surface area contributed by atoms with Crippen LogP contribution < -0.4 is 5.32 Å². The van der Waals surface area contributed by atoms with E-state index in [1.165, 1.54) is 0 Å². The summed E-state index contributed by atoms with van der Waals surface area (Å²) in [4.78, 5) is 0. The topological polar surface area (TPSA) is 32.3 Å². The summed E-state index contributed by atoms with van der Waals surface area (Å²) >= 11 is 5.89. The van der Waals surface area contributed by atoms with Gasteiger partial charge in [0.1, 0.15) is 5.75 Å². The zero-order valence-corrected chi connectivity index (χ0v) is 6.65. The molecule has 0 radical (unpaired) electrons. The van der Waals surface area contributed by atoms with E-state index < -0.39 is 0 Å². The van der Waals surface area contributed by atoms with Gasteiger partial charge in [0, 0.05) is 23.7 Å². The lowest BCUT2D eigenvalue weighted by Gasteiger charge is -2.01. The molecule has 2 rings (SSSR count). The first kappa shape index (κ1) is 6.95. The van der Waals surface area contributed by atoms with Crippen LogP contribution in [0.4, 0.5) is 0 Å². The predicted octanol–water partition coefficient (Wildman–Crippen LogP) is 1.65. The lowest BCUT2D eigenvalue weighted by molar-refractivity contribution is 0.468. The maximum absolute atomic E-state index is 9.36. The van der Waals surface area contributed by atoms with E-state index in [0.717, 1.165) is 29.2 Å². The van der Waals surface area contributed by atoms with Crippen molar-refractivity contribution in [3.05, 3.63) is 28.3 Å². The molecule has 0 amide bonds. The highest BCUT2D eigenvalue weighted by atomic mass is 35.5. The molecule has 3 heteroatoms. The van der Waals surface area contributed by atoms with Gasteiger partial charge in [0.05, 0.1) is 0 Å². The van der Waals surface area contributed by atoms with Gasteiger partial charge >= 0.3 is 0 Å². The van der Waals surface area contributed by atoms with E-state index in [9.17, 15) is 5.11 Å². The molecule has 0 saturated carbocycles. The lowest BCUT2D eigenvalue weighted by atomic mass is 10.1. The normalized spacial score (nSPS) is 15.0. The molecule has 1 aromatic rings. The van der Waals surface area contributed by atoms with Crippen LogP contribution in [0.2, 0.25) is 5.02 Å². The summed E-state index contributed by atoms with van der Waals surface area (Å²) in [5, 5.41) is 13.2. The average Bonchev–Trinajstić information content (AvgIpc) is 2.45. The second-order valence-electron chi connectivity index (χ2n) is 2.63. The summed E-state index contributed by atoms with van der Waals surface area (Å²) in [5.41, 5.74) is 1.98. The number of aromatic hydroxyl groups is 1. The molecule has 0 aromatic heterocycles. The van der Waals surface area contributed by atoms with Crippen LogP contribution >= 0.6 is 11.6 Å². The van der Waals surface area contributed by atoms with Gasteiger partial charge in [-0.1, -0.05) is 11.6 Å². The second kappa shape index (κ2) is 2.40. The predicted molar refractivity (Wildman–Crippen MR) is 43.7 cm³/mol. The molecule has 0 atom stereocenters. The standard InChI is InChI=1S/C8H8ClNO/c9-7-1-2-8(11)6-4-10-3-5(6)7/h1-2,10-11H,3-4H2. The highest BCUT2D eigenvalue weighted by Crippen LogP contribution is 2.30. The van der Waals surface area contributed by atoms with E-state index in [-0.39, 0.29) is 0 Å². The Morgan fingerprint density at radius 3 is 2.73 bits per heavy atom. The molecule has 1 aliphatic heterocycles. The Kier molecular flexibility index (Phi) is 1.51. The molecule has 11 heavy (non-hydrogen) atoms. The number of nitrogens with one attached hydrogen (secondary N) is 1. The summed E-state index contributed by atoms with van der Waals surface area (Å²) in [5.74, 6) is 0.342. The van der Waals surface area contributed by atoms with Crippen molar-refractivity contribution in [1.82, 2.24) is 5.32 Å². The first-order valence-corrected chi connectivity index (χ1v) is 3.87. The van der Waals surface area contributed by atoms with E-state index in [1.807, 2.05) is 0 Å². The van der Waals surface area contributed by atoms with Crippen molar-refractivity contribution in [2.45, 2.75) is 13.1 Å². The van der Waals surface area contributed by atoms with Crippen molar-refractivity contribution in [1.29, 1.82) is 0 Å². The van der Waals surface area contributed by atoms with Gasteiger partial charge in [-0.15, -0.1) is 0 Å². The van der Waals surface area contributed by atoms with Gasteiger partial charge in [0.15, 0.2) is 0 Å². The monoisotopic (exact) mass is 169 g/mol. The molecule has 1 aliphatic rings. The van der Waals surface area contributed by atoms with Crippen molar-refractivity contribution in [2.24, 2.45) is 0 Å². The van der Waals surface area contributed by atoms with Gasteiger partial charge < -0.3 is 10.4 Å². The SMILES string of the molecule is Oc1ccc(Cl)c2c1CNC2. The van der Waals surface area contributed by atoms with Crippen molar-refractivity contribution in [3.63, 3.8) is 0 Å². The largest absolute Gasteiger partial charge is 0.508 e. The Morgan fingerprint density at radius 1 is 1.27 bits per heavy atom. The van der Waals surface area contributed by atoms with Crippen LogP contribution in [0.5, 0.6) is 5.75 Å². The zero-order chi connectivity index (χ0) is 7.84. The van der Waals surface area contributed by atoms with Crippen molar-refractivity contribution in [2.75, 3.05) is 0 Å². The van der Waals surface area contributed by atoms with E-state index in [4.69, 9.17) is 11.6 Å². The Hall–Kier alpha value is -0.730. The van der Waals surface area contributed by atoms with Crippen LogP contribution in [0.25, 0.3) is 0 Å². The number of benzene rings is 1. The fourth-order valence-electron chi connectivity index (χ4n) is 1.35. The third kappa shape index (κ3) is 0.988. The molecule has 0 bridgehead atoms. The van der Waals surface area contributed by atoms with Crippen LogP contribution in [0.1, 0.15) is 11.1 Å². The van der Waals surface area contributed by atoms with Gasteiger partial charge in [-0.3, -0.25) is 0 Å². The smallest absolute Gasteiger partial charge is 0.120 e. The lowest BCUT2D eigenvalue weighted by Crippen LogP contribution is -2.00. The van der Waals surface area contributed by atoms with E-state index >= 15 is 0 Å². The number of fused-ring (bicyclic) bond motifs is 1. The highest BCUT2D eigenvalue weighted by Gasteiger charge is 2.16. The third-order valence-electron chi connectivity index (χ3n) is 1.95. The van der Waals surface area contributed by atoms with Crippen LogP contribution in [0.15, 0.2) is 12.1 Å². The van der Waals surface area contributed by atoms with Gasteiger partial charge in [0.2, 0.25) is 0 Å². The first-order chi connectivity index (χ1) is 5.29. The molecule has 1 aromatic carbocycles. The van der Waals surface area contributed by atoms with Crippen LogP contribution in [0.3, 0.4) is 0 Å². The molecular weight excluding hydrogens is 162 g/mol. The number of rotatable bonds is 0. The second-order valence-corrected chi connectivity index (χ2v) is 3.03. The Morgan fingerprint density at radius 2 is 2.00 bits per heavy atom. The minimum absolute atomic E-state index is 0.342. The fourth-order valence-corrected chi connectivity index (χ4v) is 1.60. The molecule has 1 heterocycles.